The van der Waals surface area contributed by atoms with Gasteiger partial charge in [0.25, 0.3) is 0 Å². The van der Waals surface area contributed by atoms with Gasteiger partial charge in [-0.05, 0) is 25.2 Å². The molecule has 1 rings (SSSR count). The van der Waals surface area contributed by atoms with Crippen molar-refractivity contribution >= 4 is 0 Å². The summed E-state index contributed by atoms with van der Waals surface area (Å²) in [7, 11) is 0. The van der Waals surface area contributed by atoms with Crippen molar-refractivity contribution < 1.29 is 4.39 Å². The molecule has 0 aromatic rings. The first kappa shape index (κ1) is 7.00. The Balaban J connectivity index is 2.34. The molecular weight excluding hydrogens is 117 g/mol. The Morgan fingerprint density at radius 3 is 2.44 bits per heavy atom. The summed E-state index contributed by atoms with van der Waals surface area (Å²) in [6.07, 6.45) is 1.65. The molecular formula is C7H14FN. The van der Waals surface area contributed by atoms with E-state index in [2.05, 4.69) is 6.92 Å². The van der Waals surface area contributed by atoms with E-state index in [1.165, 1.54) is 0 Å². The lowest BCUT2D eigenvalue weighted by atomic mass is 9.86. The highest BCUT2D eigenvalue weighted by Gasteiger charge is 2.23. The fraction of sp³-hybridized carbons (Fsp3) is 1.00. The van der Waals surface area contributed by atoms with Gasteiger partial charge in [0, 0.05) is 6.04 Å². The molecule has 0 aromatic heterocycles. The van der Waals surface area contributed by atoms with Crippen LogP contribution in [0.15, 0.2) is 0 Å². The highest BCUT2D eigenvalue weighted by atomic mass is 19.1. The highest BCUT2D eigenvalue weighted by molar-refractivity contribution is 4.78. The van der Waals surface area contributed by atoms with Crippen LogP contribution in [-0.4, -0.2) is 12.2 Å². The summed E-state index contributed by atoms with van der Waals surface area (Å²) in [6, 6.07) is 0.115. The summed E-state index contributed by atoms with van der Waals surface area (Å²) in [5.41, 5.74) is 5.58. The van der Waals surface area contributed by atoms with Crippen LogP contribution in [0.1, 0.15) is 26.2 Å². The Hall–Kier alpha value is -0.110. The van der Waals surface area contributed by atoms with Crippen LogP contribution in [0.4, 0.5) is 4.39 Å². The molecule has 0 aliphatic heterocycles. The van der Waals surface area contributed by atoms with E-state index in [0.717, 1.165) is 6.42 Å². The van der Waals surface area contributed by atoms with Gasteiger partial charge >= 0.3 is 0 Å². The van der Waals surface area contributed by atoms with Crippen LogP contribution in [0, 0.1) is 5.92 Å². The van der Waals surface area contributed by atoms with Crippen LogP contribution in [0.2, 0.25) is 0 Å². The molecule has 0 aromatic carbocycles. The average Bonchev–Trinajstić information content (AvgIpc) is 1.59. The van der Waals surface area contributed by atoms with E-state index in [9.17, 15) is 4.39 Å². The number of alkyl halides is 1. The average molecular weight is 131 g/mol. The summed E-state index contributed by atoms with van der Waals surface area (Å²) in [6.45, 7) is 2.06. The predicted molar refractivity (Wildman–Crippen MR) is 35.9 cm³/mol. The summed E-state index contributed by atoms with van der Waals surface area (Å²) in [5, 5.41) is 0. The van der Waals surface area contributed by atoms with Gasteiger partial charge in [-0.25, -0.2) is 4.39 Å². The fourth-order valence-corrected chi connectivity index (χ4v) is 1.57. The lowest BCUT2D eigenvalue weighted by Crippen LogP contribution is -2.32. The van der Waals surface area contributed by atoms with E-state index in [1.807, 2.05) is 0 Å². The molecule has 0 bridgehead atoms. The van der Waals surface area contributed by atoms with Crippen LogP contribution < -0.4 is 5.73 Å². The van der Waals surface area contributed by atoms with Crippen molar-refractivity contribution in [3.8, 4) is 0 Å². The van der Waals surface area contributed by atoms with Gasteiger partial charge in [-0.15, -0.1) is 0 Å². The Labute approximate surface area is 55.4 Å². The summed E-state index contributed by atoms with van der Waals surface area (Å²) < 4.78 is 12.6. The van der Waals surface area contributed by atoms with E-state index >= 15 is 0 Å². The molecule has 0 heterocycles. The van der Waals surface area contributed by atoms with Crippen LogP contribution in [-0.2, 0) is 0 Å². The monoisotopic (exact) mass is 131 g/mol. The van der Waals surface area contributed by atoms with Crippen molar-refractivity contribution in [3.05, 3.63) is 0 Å². The molecule has 2 N–H and O–H groups in total. The van der Waals surface area contributed by atoms with Crippen LogP contribution >= 0.6 is 0 Å². The zero-order valence-electron chi connectivity index (χ0n) is 5.81. The SMILES string of the molecule is CC1CC(N)CC(F)C1. The Bertz CT molecular complexity index is 69.9. The lowest BCUT2D eigenvalue weighted by molar-refractivity contribution is 0.190. The second-order valence-corrected chi connectivity index (χ2v) is 3.17. The predicted octanol–water partition coefficient (Wildman–Crippen LogP) is 1.47. The van der Waals surface area contributed by atoms with Crippen molar-refractivity contribution in [1.29, 1.82) is 0 Å². The Kier molecular flexibility index (Phi) is 2.06. The van der Waals surface area contributed by atoms with Gasteiger partial charge in [-0.3, -0.25) is 0 Å². The molecule has 0 spiro atoms. The van der Waals surface area contributed by atoms with Gasteiger partial charge in [-0.1, -0.05) is 6.92 Å². The second kappa shape index (κ2) is 2.65. The fourth-order valence-electron chi connectivity index (χ4n) is 1.57. The Morgan fingerprint density at radius 2 is 2.00 bits per heavy atom. The third kappa shape index (κ3) is 1.94. The topological polar surface area (TPSA) is 26.0 Å². The maximum atomic E-state index is 12.6. The van der Waals surface area contributed by atoms with E-state index in [0.29, 0.717) is 18.8 Å². The van der Waals surface area contributed by atoms with Gasteiger partial charge in [0.05, 0.1) is 0 Å². The third-order valence-electron chi connectivity index (χ3n) is 1.92. The molecule has 0 radical (unpaired) electrons. The maximum absolute atomic E-state index is 12.6. The molecule has 1 nitrogen and oxygen atoms in total. The maximum Gasteiger partial charge on any atom is 0.102 e. The van der Waals surface area contributed by atoms with Crippen molar-refractivity contribution in [2.24, 2.45) is 11.7 Å². The molecule has 0 amide bonds. The summed E-state index contributed by atoms with van der Waals surface area (Å²) >= 11 is 0. The standard InChI is InChI=1S/C7H14FN/c1-5-2-6(8)4-7(9)3-5/h5-7H,2-4,9H2,1H3. The van der Waals surface area contributed by atoms with Gasteiger partial charge < -0.3 is 5.73 Å². The number of hydrogen-bond donors (Lipinski definition) is 1. The second-order valence-electron chi connectivity index (χ2n) is 3.17. The van der Waals surface area contributed by atoms with Crippen LogP contribution in [0.3, 0.4) is 0 Å². The Morgan fingerprint density at radius 1 is 1.33 bits per heavy atom. The minimum Gasteiger partial charge on any atom is -0.328 e. The van der Waals surface area contributed by atoms with E-state index < -0.39 is 6.17 Å². The summed E-state index contributed by atoms with van der Waals surface area (Å²) in [4.78, 5) is 0. The molecule has 0 saturated heterocycles. The number of nitrogens with two attached hydrogens (primary N) is 1. The molecule has 9 heavy (non-hydrogen) atoms. The number of rotatable bonds is 0. The first-order valence-corrected chi connectivity index (χ1v) is 3.58. The minimum absolute atomic E-state index is 0.115. The van der Waals surface area contributed by atoms with Gasteiger partial charge in [0.2, 0.25) is 0 Å². The van der Waals surface area contributed by atoms with Crippen LogP contribution in [0.5, 0.6) is 0 Å². The zero-order valence-corrected chi connectivity index (χ0v) is 5.81. The van der Waals surface area contributed by atoms with Gasteiger partial charge in [0.15, 0.2) is 0 Å². The van der Waals surface area contributed by atoms with Gasteiger partial charge in [0.1, 0.15) is 6.17 Å². The van der Waals surface area contributed by atoms with Crippen molar-refractivity contribution in [2.45, 2.75) is 38.4 Å². The highest BCUT2D eigenvalue weighted by Crippen LogP contribution is 2.24. The minimum atomic E-state index is -0.635. The molecule has 54 valence electrons. The number of halogens is 1. The van der Waals surface area contributed by atoms with E-state index in [1.54, 1.807) is 0 Å². The summed E-state index contributed by atoms with van der Waals surface area (Å²) in [5.74, 6) is 0.490. The van der Waals surface area contributed by atoms with Crippen LogP contribution in [0.25, 0.3) is 0 Å². The normalized spacial score (nSPS) is 45.0. The van der Waals surface area contributed by atoms with Crippen molar-refractivity contribution in [3.63, 3.8) is 0 Å². The molecule has 3 atom stereocenters. The molecule has 1 fully saturated rings. The molecule has 1 saturated carbocycles. The van der Waals surface area contributed by atoms with E-state index in [4.69, 9.17) is 5.73 Å². The smallest absolute Gasteiger partial charge is 0.102 e. The van der Waals surface area contributed by atoms with E-state index in [-0.39, 0.29) is 6.04 Å². The molecule has 1 aliphatic rings. The van der Waals surface area contributed by atoms with Gasteiger partial charge in [-0.2, -0.15) is 0 Å². The molecule has 2 heteroatoms. The first-order valence-electron chi connectivity index (χ1n) is 3.58. The van der Waals surface area contributed by atoms with Crippen molar-refractivity contribution in [2.75, 3.05) is 0 Å². The lowest BCUT2D eigenvalue weighted by Gasteiger charge is -2.26. The zero-order chi connectivity index (χ0) is 6.85. The van der Waals surface area contributed by atoms with Crippen molar-refractivity contribution in [1.82, 2.24) is 0 Å². The molecule has 1 aliphatic carbocycles. The largest absolute Gasteiger partial charge is 0.328 e. The quantitative estimate of drug-likeness (QED) is 0.529. The first-order chi connectivity index (χ1) is 4.18. The molecule has 3 unspecified atom stereocenters. The number of hydrogen-bond acceptors (Lipinski definition) is 1. The third-order valence-corrected chi connectivity index (χ3v) is 1.92.